The zero-order chi connectivity index (χ0) is 21.6. The van der Waals surface area contributed by atoms with Crippen LogP contribution in [0, 0.1) is 6.92 Å². The summed E-state index contributed by atoms with van der Waals surface area (Å²) in [6.07, 6.45) is 0. The quantitative estimate of drug-likeness (QED) is 0.656. The maximum Gasteiger partial charge on any atom is 0.261 e. The molecule has 2 aromatic carbocycles. The van der Waals surface area contributed by atoms with Crippen molar-refractivity contribution in [3.05, 3.63) is 63.6 Å². The van der Waals surface area contributed by atoms with Gasteiger partial charge in [0, 0.05) is 17.6 Å². The molecule has 0 bridgehead atoms. The number of nitrogens with one attached hydrogen (secondary N) is 1. The van der Waals surface area contributed by atoms with Gasteiger partial charge in [-0.1, -0.05) is 53.0 Å². The zero-order valence-corrected chi connectivity index (χ0v) is 18.6. The molecule has 2 amide bonds. The Hall–Kier alpha value is -2.24. The second-order valence-electron chi connectivity index (χ2n) is 7.21. The molecule has 156 valence electrons. The van der Waals surface area contributed by atoms with Crippen LogP contribution in [0.2, 0.25) is 10.0 Å². The fraction of sp³-hybridized carbons (Fsp3) is 0.364. The molecule has 0 fully saturated rings. The van der Waals surface area contributed by atoms with Crippen molar-refractivity contribution < 1.29 is 14.3 Å². The lowest BCUT2D eigenvalue weighted by atomic mass is 10.1. The van der Waals surface area contributed by atoms with Gasteiger partial charge in [0.25, 0.3) is 5.91 Å². The van der Waals surface area contributed by atoms with Gasteiger partial charge in [-0.25, -0.2) is 0 Å². The van der Waals surface area contributed by atoms with Gasteiger partial charge >= 0.3 is 0 Å². The third kappa shape index (κ3) is 6.94. The van der Waals surface area contributed by atoms with E-state index in [4.69, 9.17) is 27.9 Å². The van der Waals surface area contributed by atoms with Crippen LogP contribution in [-0.2, 0) is 16.1 Å². The number of amides is 2. The monoisotopic (exact) mass is 436 g/mol. The Morgan fingerprint density at radius 1 is 1.10 bits per heavy atom. The van der Waals surface area contributed by atoms with E-state index in [9.17, 15) is 9.59 Å². The van der Waals surface area contributed by atoms with E-state index < -0.39 is 6.04 Å². The summed E-state index contributed by atoms with van der Waals surface area (Å²) in [5, 5.41) is 3.66. The van der Waals surface area contributed by atoms with Crippen LogP contribution in [0.3, 0.4) is 0 Å². The van der Waals surface area contributed by atoms with E-state index in [1.165, 1.54) is 4.90 Å². The minimum atomic E-state index is -0.658. The number of ether oxygens (including phenoxy) is 1. The van der Waals surface area contributed by atoms with Crippen molar-refractivity contribution in [3.63, 3.8) is 0 Å². The molecule has 7 heteroatoms. The van der Waals surface area contributed by atoms with E-state index >= 15 is 0 Å². The minimum absolute atomic E-state index is 0.0232. The van der Waals surface area contributed by atoms with Crippen molar-refractivity contribution in [1.82, 2.24) is 10.2 Å². The molecule has 1 N–H and O–H groups in total. The van der Waals surface area contributed by atoms with E-state index in [1.54, 1.807) is 25.1 Å². The molecule has 0 saturated carbocycles. The van der Waals surface area contributed by atoms with Crippen molar-refractivity contribution >= 4 is 35.0 Å². The predicted octanol–water partition coefficient (Wildman–Crippen LogP) is 4.62. The summed E-state index contributed by atoms with van der Waals surface area (Å²) in [5.41, 5.74) is 2.02. The molecule has 0 unspecified atom stereocenters. The SMILES string of the molecule is Cc1cccc(CN(C(=O)COc2ccc(Cl)cc2Cl)[C@@H](C)C(=O)NC(C)C)c1. The average molecular weight is 437 g/mol. The lowest BCUT2D eigenvalue weighted by Crippen LogP contribution is -2.50. The van der Waals surface area contributed by atoms with E-state index in [2.05, 4.69) is 5.32 Å². The largest absolute Gasteiger partial charge is 0.482 e. The molecule has 29 heavy (non-hydrogen) atoms. The molecule has 0 aliphatic heterocycles. The average Bonchev–Trinajstić information content (AvgIpc) is 2.64. The Kier molecular flexibility index (Phi) is 8.35. The highest BCUT2D eigenvalue weighted by Crippen LogP contribution is 2.27. The molecule has 0 heterocycles. The van der Waals surface area contributed by atoms with E-state index in [1.807, 2.05) is 45.0 Å². The Bertz CT molecular complexity index is 871. The predicted molar refractivity (Wildman–Crippen MR) is 116 cm³/mol. The van der Waals surface area contributed by atoms with Crippen LogP contribution >= 0.6 is 23.2 Å². The molecule has 0 radical (unpaired) electrons. The van der Waals surface area contributed by atoms with Crippen LogP contribution in [-0.4, -0.2) is 35.4 Å². The van der Waals surface area contributed by atoms with Gasteiger partial charge in [0.15, 0.2) is 6.61 Å². The number of rotatable bonds is 8. The molecule has 0 saturated heterocycles. The highest BCUT2D eigenvalue weighted by Gasteiger charge is 2.27. The summed E-state index contributed by atoms with van der Waals surface area (Å²) in [7, 11) is 0. The molecular weight excluding hydrogens is 411 g/mol. The molecular formula is C22H26Cl2N2O3. The highest BCUT2D eigenvalue weighted by atomic mass is 35.5. The van der Waals surface area contributed by atoms with Crippen molar-refractivity contribution in [3.8, 4) is 5.75 Å². The van der Waals surface area contributed by atoms with Crippen molar-refractivity contribution in [2.45, 2.75) is 46.3 Å². The van der Waals surface area contributed by atoms with Crippen LogP contribution in [0.4, 0.5) is 0 Å². The fourth-order valence-corrected chi connectivity index (χ4v) is 3.27. The molecule has 0 spiro atoms. The number of halogens is 2. The second-order valence-corrected chi connectivity index (χ2v) is 8.06. The fourth-order valence-electron chi connectivity index (χ4n) is 2.81. The van der Waals surface area contributed by atoms with E-state index in [0.29, 0.717) is 22.3 Å². The maximum atomic E-state index is 13.0. The van der Waals surface area contributed by atoms with Crippen LogP contribution in [0.1, 0.15) is 31.9 Å². The molecule has 0 aliphatic carbocycles. The molecule has 5 nitrogen and oxygen atoms in total. The normalized spacial score (nSPS) is 11.8. The van der Waals surface area contributed by atoms with Crippen molar-refractivity contribution in [1.29, 1.82) is 0 Å². The van der Waals surface area contributed by atoms with Crippen molar-refractivity contribution in [2.75, 3.05) is 6.61 Å². The number of carbonyl (C=O) groups is 2. The Morgan fingerprint density at radius 2 is 1.83 bits per heavy atom. The van der Waals surface area contributed by atoms with Gasteiger partial charge in [0.1, 0.15) is 11.8 Å². The standard InChI is InChI=1S/C22H26Cl2N2O3/c1-14(2)25-22(28)16(4)26(12-17-7-5-6-15(3)10-17)21(27)13-29-20-9-8-18(23)11-19(20)24/h5-11,14,16H,12-13H2,1-4H3,(H,25,28)/t16-/m0/s1. The van der Waals surface area contributed by atoms with Gasteiger partial charge in [-0.3, -0.25) is 9.59 Å². The molecule has 0 aliphatic rings. The molecule has 2 aromatic rings. The van der Waals surface area contributed by atoms with Crippen LogP contribution in [0.5, 0.6) is 5.75 Å². The van der Waals surface area contributed by atoms with Gasteiger partial charge in [-0.05, 0) is 51.5 Å². The molecule has 2 rings (SSSR count). The van der Waals surface area contributed by atoms with Gasteiger partial charge in [-0.2, -0.15) is 0 Å². The third-order valence-corrected chi connectivity index (χ3v) is 4.81. The first kappa shape index (κ1) is 23.0. The topological polar surface area (TPSA) is 58.6 Å². The van der Waals surface area contributed by atoms with Crippen LogP contribution in [0.15, 0.2) is 42.5 Å². The first-order valence-electron chi connectivity index (χ1n) is 9.40. The van der Waals surface area contributed by atoms with E-state index in [-0.39, 0.29) is 24.5 Å². The summed E-state index contributed by atoms with van der Waals surface area (Å²) in [6, 6.07) is 11.9. The van der Waals surface area contributed by atoms with Gasteiger partial charge < -0.3 is 15.0 Å². The Morgan fingerprint density at radius 3 is 2.45 bits per heavy atom. The highest BCUT2D eigenvalue weighted by molar-refractivity contribution is 6.35. The summed E-state index contributed by atoms with van der Waals surface area (Å²) in [5.74, 6) is -0.173. The minimum Gasteiger partial charge on any atom is -0.482 e. The molecule has 1 atom stereocenters. The van der Waals surface area contributed by atoms with Crippen molar-refractivity contribution in [2.24, 2.45) is 0 Å². The third-order valence-electron chi connectivity index (χ3n) is 4.28. The van der Waals surface area contributed by atoms with Gasteiger partial charge in [-0.15, -0.1) is 0 Å². The lowest BCUT2D eigenvalue weighted by Gasteiger charge is -2.29. The zero-order valence-electron chi connectivity index (χ0n) is 17.0. The number of carbonyl (C=O) groups excluding carboxylic acids is 2. The summed E-state index contributed by atoms with van der Waals surface area (Å²) in [4.78, 5) is 27.0. The Balaban J connectivity index is 2.17. The van der Waals surface area contributed by atoms with E-state index in [0.717, 1.165) is 11.1 Å². The van der Waals surface area contributed by atoms with Crippen LogP contribution in [0.25, 0.3) is 0 Å². The number of aryl methyl sites for hydroxylation is 1. The first-order valence-corrected chi connectivity index (χ1v) is 10.2. The van der Waals surface area contributed by atoms with Gasteiger partial charge in [0.05, 0.1) is 5.02 Å². The first-order chi connectivity index (χ1) is 13.7. The smallest absolute Gasteiger partial charge is 0.261 e. The Labute approximate surface area is 181 Å². The maximum absolute atomic E-state index is 13.0. The van der Waals surface area contributed by atoms with Gasteiger partial charge in [0.2, 0.25) is 5.91 Å². The van der Waals surface area contributed by atoms with Crippen LogP contribution < -0.4 is 10.1 Å². The second kappa shape index (κ2) is 10.5. The number of benzene rings is 2. The summed E-state index contributed by atoms with van der Waals surface area (Å²) < 4.78 is 5.59. The lowest BCUT2D eigenvalue weighted by molar-refractivity contribution is -0.142. The number of hydrogen-bond donors (Lipinski definition) is 1. The summed E-state index contributed by atoms with van der Waals surface area (Å²) >= 11 is 12.0. The number of hydrogen-bond acceptors (Lipinski definition) is 3. The number of nitrogens with zero attached hydrogens (tertiary/aromatic N) is 1. The molecule has 0 aromatic heterocycles. The summed E-state index contributed by atoms with van der Waals surface area (Å²) in [6.45, 7) is 7.50.